The fraction of sp³-hybridized carbons (Fsp3) is 0.833. The molecule has 1 saturated carbocycles. The number of amides is 1. The fourth-order valence-electron chi connectivity index (χ4n) is 0.758. The monoisotopic (exact) mass is 149 g/mol. The van der Waals surface area contributed by atoms with Crippen molar-refractivity contribution in [1.29, 1.82) is 0 Å². The number of hydrogen-bond acceptors (Lipinski definition) is 1. The predicted molar refractivity (Wildman–Crippen MR) is 31.7 cm³/mol. The second-order valence-corrected chi connectivity index (χ2v) is 2.60. The van der Waals surface area contributed by atoms with Gasteiger partial charge in [-0.1, -0.05) is 0 Å². The third-order valence-electron chi connectivity index (χ3n) is 1.55. The number of nitrogens with one attached hydrogen (secondary N) is 1. The highest BCUT2D eigenvalue weighted by molar-refractivity contribution is 5.72. The van der Waals surface area contributed by atoms with Crippen LogP contribution in [0.3, 0.4) is 0 Å². The summed E-state index contributed by atoms with van der Waals surface area (Å²) in [5.74, 6) is -3.37. The Bertz CT molecular complexity index is 158. The molecule has 1 fully saturated rings. The Labute approximate surface area is 57.6 Å². The van der Waals surface area contributed by atoms with Gasteiger partial charge >= 0.3 is 0 Å². The minimum absolute atomic E-state index is 0.0761. The summed E-state index contributed by atoms with van der Waals surface area (Å²) in [6.45, 7) is 1.43. The maximum Gasteiger partial charge on any atom is 0.253 e. The summed E-state index contributed by atoms with van der Waals surface area (Å²) < 4.78 is 24.2. The molecule has 1 amide bonds. The average Bonchev–Trinajstić information content (AvgIpc) is 2.35. The Morgan fingerprint density at radius 2 is 2.30 bits per heavy atom. The molecule has 1 unspecified atom stereocenters. The molecular formula is C6H9F2NO. The zero-order valence-corrected chi connectivity index (χ0v) is 5.66. The molecule has 1 rings (SSSR count). The number of alkyl halides is 2. The Balaban J connectivity index is 2.13. The summed E-state index contributed by atoms with van der Waals surface area (Å²) in [5.41, 5.74) is 0. The Morgan fingerprint density at radius 1 is 1.80 bits per heavy atom. The van der Waals surface area contributed by atoms with Crippen molar-refractivity contribution in [2.75, 3.05) is 6.54 Å². The van der Waals surface area contributed by atoms with Crippen LogP contribution in [0, 0.1) is 5.92 Å². The molecule has 2 nitrogen and oxygen atoms in total. The molecule has 0 aromatic heterocycles. The Hall–Kier alpha value is -0.670. The van der Waals surface area contributed by atoms with Crippen LogP contribution in [0.1, 0.15) is 13.3 Å². The van der Waals surface area contributed by atoms with Crippen molar-refractivity contribution in [2.24, 2.45) is 5.92 Å². The fourth-order valence-corrected chi connectivity index (χ4v) is 0.758. The highest BCUT2D eigenvalue weighted by Crippen LogP contribution is 2.47. The van der Waals surface area contributed by atoms with Crippen LogP contribution in [0.4, 0.5) is 8.78 Å². The van der Waals surface area contributed by atoms with Gasteiger partial charge in [0.15, 0.2) is 0 Å². The standard InChI is InChI=1S/C6H9F2NO/c1-4(10)9-3-5-2-6(5,7)8/h5H,2-3H2,1H3,(H,9,10). The van der Waals surface area contributed by atoms with Crippen molar-refractivity contribution < 1.29 is 13.6 Å². The summed E-state index contributed by atoms with van der Waals surface area (Å²) in [4.78, 5) is 10.2. The lowest BCUT2D eigenvalue weighted by Gasteiger charge is -1.98. The van der Waals surface area contributed by atoms with Crippen molar-refractivity contribution >= 4 is 5.91 Å². The lowest BCUT2D eigenvalue weighted by molar-refractivity contribution is -0.119. The van der Waals surface area contributed by atoms with E-state index in [1.165, 1.54) is 6.92 Å². The first kappa shape index (κ1) is 7.44. The number of rotatable bonds is 2. The molecule has 1 atom stereocenters. The summed E-state index contributed by atoms with van der Waals surface area (Å²) in [6.07, 6.45) is -0.0761. The molecule has 10 heavy (non-hydrogen) atoms. The third-order valence-corrected chi connectivity index (χ3v) is 1.55. The van der Waals surface area contributed by atoms with Gasteiger partial charge in [0.25, 0.3) is 5.92 Å². The number of halogens is 2. The zero-order valence-electron chi connectivity index (χ0n) is 5.66. The van der Waals surface area contributed by atoms with E-state index in [-0.39, 0.29) is 18.9 Å². The quantitative estimate of drug-likeness (QED) is 0.617. The van der Waals surface area contributed by atoms with Crippen molar-refractivity contribution in [2.45, 2.75) is 19.3 Å². The van der Waals surface area contributed by atoms with Gasteiger partial charge in [-0.05, 0) is 0 Å². The van der Waals surface area contributed by atoms with Gasteiger partial charge in [-0.15, -0.1) is 0 Å². The van der Waals surface area contributed by atoms with Gasteiger partial charge in [-0.3, -0.25) is 4.79 Å². The summed E-state index contributed by atoms with van der Waals surface area (Å²) in [7, 11) is 0. The highest BCUT2D eigenvalue weighted by atomic mass is 19.3. The molecule has 0 saturated heterocycles. The van der Waals surface area contributed by atoms with E-state index in [1.807, 2.05) is 0 Å². The first-order valence-corrected chi connectivity index (χ1v) is 3.14. The second kappa shape index (κ2) is 2.18. The van der Waals surface area contributed by atoms with Gasteiger partial charge in [0, 0.05) is 25.8 Å². The number of hydrogen-bond donors (Lipinski definition) is 1. The van der Waals surface area contributed by atoms with Crippen LogP contribution in [0.5, 0.6) is 0 Å². The van der Waals surface area contributed by atoms with Crippen molar-refractivity contribution in [3.05, 3.63) is 0 Å². The number of carbonyl (C=O) groups is 1. The first-order chi connectivity index (χ1) is 4.52. The van der Waals surface area contributed by atoms with E-state index in [0.29, 0.717) is 0 Å². The van der Waals surface area contributed by atoms with Gasteiger partial charge in [-0.2, -0.15) is 0 Å². The molecule has 1 aliphatic rings. The molecule has 0 spiro atoms. The van der Waals surface area contributed by atoms with Crippen LogP contribution in [-0.2, 0) is 4.79 Å². The normalized spacial score (nSPS) is 27.7. The summed E-state index contributed by atoms with van der Waals surface area (Å²) >= 11 is 0. The van der Waals surface area contributed by atoms with Crippen LogP contribution in [0.15, 0.2) is 0 Å². The minimum Gasteiger partial charge on any atom is -0.356 e. The zero-order chi connectivity index (χ0) is 7.78. The maximum absolute atomic E-state index is 12.1. The van der Waals surface area contributed by atoms with E-state index in [0.717, 1.165) is 0 Å². The van der Waals surface area contributed by atoms with Gasteiger partial charge in [0.2, 0.25) is 5.91 Å². The highest BCUT2D eigenvalue weighted by Gasteiger charge is 2.56. The largest absolute Gasteiger partial charge is 0.356 e. The van der Waals surface area contributed by atoms with E-state index in [4.69, 9.17) is 0 Å². The first-order valence-electron chi connectivity index (χ1n) is 3.14. The molecule has 0 aliphatic heterocycles. The minimum atomic E-state index is -2.51. The SMILES string of the molecule is CC(=O)NCC1CC1(F)F. The third kappa shape index (κ3) is 1.65. The van der Waals surface area contributed by atoms with Crippen LogP contribution in [0.2, 0.25) is 0 Å². The summed E-state index contributed by atoms with van der Waals surface area (Å²) in [5, 5.41) is 2.34. The van der Waals surface area contributed by atoms with Crippen molar-refractivity contribution in [3.63, 3.8) is 0 Å². The topological polar surface area (TPSA) is 29.1 Å². The molecule has 0 aromatic carbocycles. The van der Waals surface area contributed by atoms with Crippen LogP contribution >= 0.6 is 0 Å². The smallest absolute Gasteiger partial charge is 0.253 e. The molecule has 0 radical (unpaired) electrons. The molecule has 0 heterocycles. The van der Waals surface area contributed by atoms with E-state index in [2.05, 4.69) is 5.32 Å². The van der Waals surface area contributed by atoms with Crippen molar-refractivity contribution in [3.8, 4) is 0 Å². The van der Waals surface area contributed by atoms with Crippen LogP contribution in [0.25, 0.3) is 0 Å². The Kier molecular flexibility index (Phi) is 1.62. The van der Waals surface area contributed by atoms with E-state index in [1.54, 1.807) is 0 Å². The number of carbonyl (C=O) groups excluding carboxylic acids is 1. The molecule has 4 heteroatoms. The van der Waals surface area contributed by atoms with Gasteiger partial charge in [-0.25, -0.2) is 8.78 Å². The van der Waals surface area contributed by atoms with E-state index in [9.17, 15) is 13.6 Å². The van der Waals surface area contributed by atoms with Crippen LogP contribution < -0.4 is 5.32 Å². The molecular weight excluding hydrogens is 140 g/mol. The lowest BCUT2D eigenvalue weighted by atomic mass is 10.4. The van der Waals surface area contributed by atoms with Crippen LogP contribution in [-0.4, -0.2) is 18.4 Å². The molecule has 1 aliphatic carbocycles. The summed E-state index contributed by atoms with van der Waals surface area (Å²) in [6, 6.07) is 0. The van der Waals surface area contributed by atoms with Crippen molar-refractivity contribution in [1.82, 2.24) is 5.32 Å². The average molecular weight is 149 g/mol. The van der Waals surface area contributed by atoms with Gasteiger partial charge < -0.3 is 5.32 Å². The molecule has 58 valence electrons. The maximum atomic E-state index is 12.1. The van der Waals surface area contributed by atoms with E-state index < -0.39 is 11.8 Å². The predicted octanol–water partition coefficient (Wildman–Crippen LogP) is 0.778. The molecule has 0 aromatic rings. The molecule has 0 bridgehead atoms. The second-order valence-electron chi connectivity index (χ2n) is 2.60. The van der Waals surface area contributed by atoms with Gasteiger partial charge in [0.05, 0.1) is 0 Å². The molecule has 1 N–H and O–H groups in total. The Morgan fingerprint density at radius 3 is 2.60 bits per heavy atom. The van der Waals surface area contributed by atoms with Gasteiger partial charge in [0.1, 0.15) is 0 Å². The lowest BCUT2D eigenvalue weighted by Crippen LogP contribution is -2.23. The van der Waals surface area contributed by atoms with E-state index >= 15 is 0 Å².